The second-order valence-electron chi connectivity index (χ2n) is 17.8. The Balaban J connectivity index is 0.801. The molecule has 314 valence electrons. The Labute approximate surface area is 353 Å². The van der Waals surface area contributed by atoms with Crippen molar-refractivity contribution in [3.05, 3.63) is 93.1 Å². The highest BCUT2D eigenvalue weighted by Gasteiger charge is 2.64. The van der Waals surface area contributed by atoms with Crippen LogP contribution in [-0.2, 0) is 9.59 Å². The first kappa shape index (κ1) is 41.2. The first-order chi connectivity index (χ1) is 28.6. The fraction of sp³-hybridized carbons (Fsp3) is 0.467. The van der Waals surface area contributed by atoms with E-state index in [9.17, 15) is 24.4 Å². The zero-order valence-corrected chi connectivity index (χ0v) is 35.1. The number of benzene rings is 3. The number of hydrogen-bond acceptors (Lipinski definition) is 10. The number of nitriles is 1. The van der Waals surface area contributed by atoms with Crippen molar-refractivity contribution in [2.45, 2.75) is 71.6 Å². The SMILES string of the molecule is CC1(C)[C@H](NC(=O)c2ccc(N3CCC(CN4CCN(c5ccc6c(=O)n([C@@H]7CCC(=O)NC7=O)nc(F)c6c5)CC4)CC3)cc2)C(C)(C)[C@H]1Oc1ccc(C#N)c(Cl)c1. The molecule has 1 saturated carbocycles. The molecule has 3 saturated heterocycles. The minimum absolute atomic E-state index is 0.0608. The highest BCUT2D eigenvalue weighted by molar-refractivity contribution is 6.31. The molecule has 0 bridgehead atoms. The molecule has 4 heterocycles. The summed E-state index contributed by atoms with van der Waals surface area (Å²) in [5.74, 6) is -0.846. The molecule has 3 aliphatic heterocycles. The van der Waals surface area contributed by atoms with Crippen LogP contribution in [0.25, 0.3) is 10.8 Å². The maximum absolute atomic E-state index is 15.3. The van der Waals surface area contributed by atoms with E-state index in [1.807, 2.05) is 30.3 Å². The Morgan fingerprint density at radius 2 is 1.57 bits per heavy atom. The average molecular weight is 837 g/mol. The summed E-state index contributed by atoms with van der Waals surface area (Å²) in [7, 11) is 0. The van der Waals surface area contributed by atoms with Gasteiger partial charge in [-0.15, -0.1) is 5.10 Å². The van der Waals surface area contributed by atoms with E-state index in [1.165, 1.54) is 0 Å². The summed E-state index contributed by atoms with van der Waals surface area (Å²) in [5, 5.41) is 19.2. The summed E-state index contributed by atoms with van der Waals surface area (Å²) in [6.45, 7) is 14.5. The van der Waals surface area contributed by atoms with Crippen LogP contribution in [0.2, 0.25) is 5.02 Å². The van der Waals surface area contributed by atoms with Crippen LogP contribution in [0.1, 0.15) is 75.3 Å². The number of carbonyl (C=O) groups is 3. The number of halogens is 2. The van der Waals surface area contributed by atoms with Crippen LogP contribution in [0.15, 0.2) is 65.5 Å². The van der Waals surface area contributed by atoms with E-state index < -0.39 is 29.4 Å². The van der Waals surface area contributed by atoms with Crippen molar-refractivity contribution in [2.24, 2.45) is 16.7 Å². The first-order valence-electron chi connectivity index (χ1n) is 20.7. The Hall–Kier alpha value is -5.52. The highest BCUT2D eigenvalue weighted by Crippen LogP contribution is 2.55. The second kappa shape index (κ2) is 16.2. The third-order valence-electron chi connectivity index (χ3n) is 13.2. The van der Waals surface area contributed by atoms with E-state index in [0.29, 0.717) is 27.8 Å². The summed E-state index contributed by atoms with van der Waals surface area (Å²) in [6, 6.07) is 19.0. The molecular weight excluding hydrogens is 787 g/mol. The van der Waals surface area contributed by atoms with Crippen molar-refractivity contribution in [1.29, 1.82) is 5.26 Å². The fourth-order valence-corrected chi connectivity index (χ4v) is 10.3. The summed E-state index contributed by atoms with van der Waals surface area (Å²) < 4.78 is 22.5. The molecule has 4 aliphatic rings. The summed E-state index contributed by atoms with van der Waals surface area (Å²) in [4.78, 5) is 57.7. The van der Waals surface area contributed by atoms with Gasteiger partial charge in [0.15, 0.2) is 0 Å². The van der Waals surface area contributed by atoms with Crippen LogP contribution in [0.5, 0.6) is 5.75 Å². The molecule has 13 nitrogen and oxygen atoms in total. The standard InChI is InChI=1S/C45H50ClFN8O5/c1-44(2)42(45(3,4)43(44)60-32-11-7-29(25-48)35(46)24-32)50-39(57)28-5-8-30(9-6-28)53-17-15-27(16-18-53)26-52-19-21-54(22-20-52)31-10-12-33-34(23-31)38(47)51-55(41(33)59)36-13-14-37(56)49-40(36)58/h5-12,23-24,27,36,42-43H,13-22,26H2,1-4H3,(H,50,57)(H,49,56,58)/t36-,42-,43-/m1/s1. The quantitative estimate of drug-likeness (QED) is 0.201. The fourth-order valence-electron chi connectivity index (χ4n) is 10.1. The molecule has 1 aliphatic carbocycles. The van der Waals surface area contributed by atoms with Crippen molar-refractivity contribution in [2.75, 3.05) is 55.6 Å². The lowest BCUT2D eigenvalue weighted by molar-refractivity contribution is -0.164. The summed E-state index contributed by atoms with van der Waals surface area (Å²) >= 11 is 6.25. The Morgan fingerprint density at radius 1 is 0.900 bits per heavy atom. The van der Waals surface area contributed by atoms with Gasteiger partial charge in [-0.2, -0.15) is 9.65 Å². The zero-order valence-electron chi connectivity index (χ0n) is 34.3. The second-order valence-corrected chi connectivity index (χ2v) is 18.2. The number of amides is 3. The van der Waals surface area contributed by atoms with E-state index in [4.69, 9.17) is 16.3 Å². The lowest BCUT2D eigenvalue weighted by Gasteiger charge is -2.63. The van der Waals surface area contributed by atoms with Gasteiger partial charge in [0.05, 0.1) is 16.0 Å². The Kier molecular flexibility index (Phi) is 11.1. The van der Waals surface area contributed by atoms with E-state index in [1.54, 1.807) is 30.3 Å². The van der Waals surface area contributed by atoms with Gasteiger partial charge in [-0.25, -0.2) is 4.68 Å². The zero-order chi connectivity index (χ0) is 42.5. The predicted octanol–water partition coefficient (Wildman–Crippen LogP) is 5.69. The third-order valence-corrected chi connectivity index (χ3v) is 13.5. The normalized spacial score (nSPS) is 23.1. The molecule has 4 fully saturated rings. The van der Waals surface area contributed by atoms with Crippen LogP contribution in [0, 0.1) is 34.0 Å². The van der Waals surface area contributed by atoms with E-state index >= 15 is 4.39 Å². The van der Waals surface area contributed by atoms with Crippen molar-refractivity contribution in [3.8, 4) is 11.8 Å². The van der Waals surface area contributed by atoms with Gasteiger partial charge in [-0.3, -0.25) is 29.4 Å². The Bertz CT molecular complexity index is 2420. The summed E-state index contributed by atoms with van der Waals surface area (Å²) in [5.41, 5.74) is 1.66. The number of anilines is 2. The van der Waals surface area contributed by atoms with Gasteiger partial charge in [0, 0.05) is 97.5 Å². The van der Waals surface area contributed by atoms with Crippen LogP contribution in [0.4, 0.5) is 15.8 Å². The monoisotopic (exact) mass is 836 g/mol. The average Bonchev–Trinajstić information content (AvgIpc) is 3.23. The van der Waals surface area contributed by atoms with Gasteiger partial charge in [-0.1, -0.05) is 39.3 Å². The number of piperazine rings is 1. The minimum atomic E-state index is -1.03. The maximum Gasteiger partial charge on any atom is 0.275 e. The van der Waals surface area contributed by atoms with Crippen LogP contribution >= 0.6 is 11.6 Å². The molecular formula is C45H50ClFN8O5. The van der Waals surface area contributed by atoms with E-state index in [-0.39, 0.29) is 52.5 Å². The van der Waals surface area contributed by atoms with Crippen molar-refractivity contribution >= 4 is 51.5 Å². The number of carbonyl (C=O) groups excluding carboxylic acids is 3. The van der Waals surface area contributed by atoms with E-state index in [0.717, 1.165) is 74.7 Å². The molecule has 1 aromatic heterocycles. The smallest absolute Gasteiger partial charge is 0.275 e. The van der Waals surface area contributed by atoms with Crippen molar-refractivity contribution < 1.29 is 23.5 Å². The molecule has 15 heteroatoms. The maximum atomic E-state index is 15.3. The van der Waals surface area contributed by atoms with Gasteiger partial charge in [-0.05, 0) is 79.8 Å². The summed E-state index contributed by atoms with van der Waals surface area (Å²) in [6.07, 6.45) is 2.11. The number of rotatable bonds is 9. The molecule has 8 rings (SSSR count). The molecule has 3 aromatic carbocycles. The number of fused-ring (bicyclic) bond motifs is 1. The van der Waals surface area contributed by atoms with Crippen LogP contribution in [0.3, 0.4) is 0 Å². The predicted molar refractivity (Wildman–Crippen MR) is 227 cm³/mol. The molecule has 1 atom stereocenters. The molecule has 4 aromatic rings. The highest BCUT2D eigenvalue weighted by atomic mass is 35.5. The lowest BCUT2D eigenvalue weighted by atomic mass is 9.49. The number of hydrogen-bond donors (Lipinski definition) is 2. The molecule has 3 amide bonds. The van der Waals surface area contributed by atoms with Crippen molar-refractivity contribution in [1.82, 2.24) is 25.3 Å². The topological polar surface area (TPSA) is 153 Å². The van der Waals surface area contributed by atoms with Gasteiger partial charge in [0.25, 0.3) is 17.4 Å². The first-order valence-corrected chi connectivity index (χ1v) is 21.1. The van der Waals surface area contributed by atoms with Crippen LogP contribution in [-0.4, -0.2) is 90.4 Å². The minimum Gasteiger partial charge on any atom is -0.489 e. The molecule has 0 unspecified atom stereocenters. The van der Waals surface area contributed by atoms with Crippen LogP contribution < -0.4 is 30.7 Å². The van der Waals surface area contributed by atoms with E-state index in [2.05, 4.69) is 64.2 Å². The molecule has 0 spiro atoms. The molecule has 2 N–H and O–H groups in total. The van der Waals surface area contributed by atoms with Gasteiger partial charge < -0.3 is 19.9 Å². The molecule has 60 heavy (non-hydrogen) atoms. The van der Waals surface area contributed by atoms with Crippen molar-refractivity contribution in [3.63, 3.8) is 0 Å². The number of ether oxygens (including phenoxy) is 1. The largest absolute Gasteiger partial charge is 0.489 e. The number of imide groups is 1. The number of nitrogens with zero attached hydrogens (tertiary/aromatic N) is 6. The Morgan fingerprint density at radius 3 is 2.22 bits per heavy atom. The number of aromatic nitrogens is 2. The lowest BCUT2D eigenvalue weighted by Crippen LogP contribution is -2.74. The van der Waals surface area contributed by atoms with Gasteiger partial charge in [0.2, 0.25) is 11.9 Å². The number of piperidine rings is 2. The van der Waals surface area contributed by atoms with Gasteiger partial charge in [0.1, 0.15) is 24.0 Å². The molecule has 0 radical (unpaired) electrons. The number of nitrogens with one attached hydrogen (secondary N) is 2. The third kappa shape index (κ3) is 7.81. The van der Waals surface area contributed by atoms with Gasteiger partial charge >= 0.3 is 0 Å².